The first-order chi connectivity index (χ1) is 14.6. The van der Waals surface area contributed by atoms with Gasteiger partial charge in [-0.2, -0.15) is 0 Å². The molecule has 0 bridgehead atoms. The number of carbonyl (C=O) groups is 2. The lowest BCUT2D eigenvalue weighted by Gasteiger charge is -2.20. The number of fused-ring (bicyclic) bond motifs is 1. The average molecular weight is 419 g/mol. The van der Waals surface area contributed by atoms with Gasteiger partial charge in [-0.3, -0.25) is 9.59 Å². The summed E-state index contributed by atoms with van der Waals surface area (Å²) in [7, 11) is 0. The van der Waals surface area contributed by atoms with E-state index in [0.29, 0.717) is 16.5 Å². The van der Waals surface area contributed by atoms with Gasteiger partial charge in [-0.1, -0.05) is 74.0 Å². The van der Waals surface area contributed by atoms with E-state index in [9.17, 15) is 9.59 Å². The van der Waals surface area contributed by atoms with E-state index in [0.717, 1.165) is 42.4 Å². The minimum Gasteiger partial charge on any atom is -0.365 e. The number of hydrogen-bond donors (Lipinski definition) is 2. The summed E-state index contributed by atoms with van der Waals surface area (Å²) in [5.41, 5.74) is 9.09. The van der Waals surface area contributed by atoms with Crippen LogP contribution in [0, 0.1) is 5.92 Å². The van der Waals surface area contributed by atoms with E-state index in [1.807, 2.05) is 60.7 Å². The van der Waals surface area contributed by atoms with Crippen LogP contribution < -0.4 is 11.1 Å². The molecular weight excluding hydrogens is 392 g/mol. The molecule has 4 nitrogen and oxygen atoms in total. The van der Waals surface area contributed by atoms with Crippen molar-refractivity contribution in [1.82, 2.24) is 0 Å². The molecule has 0 aliphatic heterocycles. The summed E-state index contributed by atoms with van der Waals surface area (Å²) in [5, 5.41) is 3.65. The van der Waals surface area contributed by atoms with E-state index in [1.54, 1.807) is 0 Å². The second kappa shape index (κ2) is 8.84. The van der Waals surface area contributed by atoms with E-state index >= 15 is 0 Å². The normalized spacial score (nSPS) is 15.6. The van der Waals surface area contributed by atoms with Crippen molar-refractivity contribution in [3.8, 4) is 0 Å². The first kappa shape index (κ1) is 20.4. The predicted molar refractivity (Wildman–Crippen MR) is 122 cm³/mol. The molecule has 2 aromatic carbocycles. The van der Waals surface area contributed by atoms with Crippen molar-refractivity contribution in [2.45, 2.75) is 38.5 Å². The Kier molecular flexibility index (Phi) is 6.00. The second-order valence-corrected chi connectivity index (χ2v) is 8.94. The van der Waals surface area contributed by atoms with Crippen LogP contribution in [0.4, 0.5) is 5.00 Å². The fraction of sp³-hybridized carbons (Fsp3) is 0.280. The van der Waals surface area contributed by atoms with Crippen LogP contribution in [0.15, 0.2) is 60.7 Å². The molecule has 1 aliphatic carbocycles. The molecule has 0 fully saturated rings. The lowest BCUT2D eigenvalue weighted by atomic mass is 9.85. The van der Waals surface area contributed by atoms with Gasteiger partial charge in [-0.05, 0) is 41.9 Å². The van der Waals surface area contributed by atoms with Gasteiger partial charge >= 0.3 is 0 Å². The number of nitrogens with two attached hydrogens (primary N) is 1. The number of thiophene rings is 1. The fourth-order valence-corrected chi connectivity index (χ4v) is 5.69. The predicted octanol–water partition coefficient (Wildman–Crippen LogP) is 5.13. The van der Waals surface area contributed by atoms with Crippen LogP contribution in [-0.2, 0) is 17.6 Å². The van der Waals surface area contributed by atoms with Crippen molar-refractivity contribution in [3.63, 3.8) is 0 Å². The van der Waals surface area contributed by atoms with Crippen LogP contribution in [0.3, 0.4) is 0 Å². The zero-order valence-corrected chi connectivity index (χ0v) is 17.9. The molecule has 3 N–H and O–H groups in total. The summed E-state index contributed by atoms with van der Waals surface area (Å²) < 4.78 is 0. The Morgan fingerprint density at radius 3 is 2.20 bits per heavy atom. The minimum atomic E-state index is -0.464. The van der Waals surface area contributed by atoms with Crippen molar-refractivity contribution in [2.24, 2.45) is 11.7 Å². The minimum absolute atomic E-state index is 0.152. The SMILES string of the molecule is CCC1CCc2c(sc(NC(=O)C(c3ccccc3)c3ccccc3)c2C(N)=O)C1. The third kappa shape index (κ3) is 4.03. The molecule has 154 valence electrons. The van der Waals surface area contributed by atoms with Crippen LogP contribution in [0.2, 0.25) is 0 Å². The highest BCUT2D eigenvalue weighted by atomic mass is 32.1. The van der Waals surface area contributed by atoms with Crippen LogP contribution in [0.5, 0.6) is 0 Å². The summed E-state index contributed by atoms with van der Waals surface area (Å²) in [6.07, 6.45) is 3.98. The van der Waals surface area contributed by atoms with Gasteiger partial charge in [0.1, 0.15) is 5.00 Å². The van der Waals surface area contributed by atoms with Crippen LogP contribution in [-0.4, -0.2) is 11.8 Å². The maximum Gasteiger partial charge on any atom is 0.251 e. The quantitative estimate of drug-likeness (QED) is 0.582. The monoisotopic (exact) mass is 418 g/mol. The number of anilines is 1. The maximum atomic E-state index is 13.5. The number of hydrogen-bond acceptors (Lipinski definition) is 3. The van der Waals surface area contributed by atoms with E-state index in [2.05, 4.69) is 12.2 Å². The molecule has 5 heteroatoms. The van der Waals surface area contributed by atoms with Gasteiger partial charge < -0.3 is 11.1 Å². The van der Waals surface area contributed by atoms with Crippen molar-refractivity contribution >= 4 is 28.2 Å². The van der Waals surface area contributed by atoms with Gasteiger partial charge in [-0.25, -0.2) is 0 Å². The number of benzene rings is 2. The zero-order valence-electron chi connectivity index (χ0n) is 17.1. The number of primary amides is 1. The molecule has 30 heavy (non-hydrogen) atoms. The molecule has 0 radical (unpaired) electrons. The highest BCUT2D eigenvalue weighted by Crippen LogP contribution is 2.41. The molecule has 2 amide bonds. The van der Waals surface area contributed by atoms with Crippen molar-refractivity contribution in [2.75, 3.05) is 5.32 Å². The Balaban J connectivity index is 1.70. The summed E-state index contributed by atoms with van der Waals surface area (Å²) in [4.78, 5) is 26.9. The first-order valence-electron chi connectivity index (χ1n) is 10.4. The summed E-state index contributed by atoms with van der Waals surface area (Å²) in [6, 6.07) is 19.4. The molecule has 1 aliphatic rings. The number of nitrogens with one attached hydrogen (secondary N) is 1. The van der Waals surface area contributed by atoms with E-state index in [-0.39, 0.29) is 5.91 Å². The first-order valence-corrected chi connectivity index (χ1v) is 11.2. The van der Waals surface area contributed by atoms with Crippen LogP contribution >= 0.6 is 11.3 Å². The zero-order chi connectivity index (χ0) is 21.1. The van der Waals surface area contributed by atoms with Gasteiger partial charge in [0.15, 0.2) is 0 Å². The van der Waals surface area contributed by atoms with E-state index in [4.69, 9.17) is 5.73 Å². The third-order valence-corrected chi connectivity index (χ3v) is 7.13. The van der Waals surface area contributed by atoms with Crippen molar-refractivity contribution in [1.29, 1.82) is 0 Å². The number of amides is 2. The lowest BCUT2D eigenvalue weighted by molar-refractivity contribution is -0.116. The summed E-state index contributed by atoms with van der Waals surface area (Å²) >= 11 is 1.51. The number of rotatable bonds is 6. The summed E-state index contributed by atoms with van der Waals surface area (Å²) in [5.74, 6) is -0.452. The lowest BCUT2D eigenvalue weighted by Crippen LogP contribution is -2.24. The van der Waals surface area contributed by atoms with Gasteiger partial charge in [-0.15, -0.1) is 11.3 Å². The molecule has 1 heterocycles. The van der Waals surface area contributed by atoms with Crippen molar-refractivity contribution in [3.05, 3.63) is 87.8 Å². The molecule has 0 saturated carbocycles. The smallest absolute Gasteiger partial charge is 0.251 e. The maximum absolute atomic E-state index is 13.5. The molecule has 3 aromatic rings. The standard InChI is InChI=1S/C25H26N2O2S/c1-2-16-13-14-19-20(15-16)30-25(22(19)23(26)28)27-24(29)21(17-9-5-3-6-10-17)18-11-7-4-8-12-18/h3-12,16,21H,2,13-15H2,1H3,(H2,26,28)(H,27,29). The second-order valence-electron chi connectivity index (χ2n) is 7.83. The highest BCUT2D eigenvalue weighted by molar-refractivity contribution is 7.17. The van der Waals surface area contributed by atoms with E-state index in [1.165, 1.54) is 16.2 Å². The molecular formula is C25H26N2O2S. The van der Waals surface area contributed by atoms with E-state index < -0.39 is 11.8 Å². The molecule has 0 saturated heterocycles. The Labute approximate surface area is 181 Å². The Morgan fingerprint density at radius 1 is 1.07 bits per heavy atom. The fourth-order valence-electron chi connectivity index (χ4n) is 4.32. The third-order valence-electron chi connectivity index (χ3n) is 5.96. The Hall–Kier alpha value is -2.92. The van der Waals surface area contributed by atoms with Crippen LogP contribution in [0.25, 0.3) is 0 Å². The average Bonchev–Trinajstić information content (AvgIpc) is 3.12. The Bertz CT molecular complexity index is 1000. The van der Waals surface area contributed by atoms with Gasteiger partial charge in [0.05, 0.1) is 11.5 Å². The van der Waals surface area contributed by atoms with Gasteiger partial charge in [0.25, 0.3) is 5.91 Å². The molecule has 4 rings (SSSR count). The molecule has 1 unspecified atom stereocenters. The molecule has 1 aromatic heterocycles. The largest absolute Gasteiger partial charge is 0.365 e. The number of carbonyl (C=O) groups excluding carboxylic acids is 2. The Morgan fingerprint density at radius 2 is 1.67 bits per heavy atom. The van der Waals surface area contributed by atoms with Gasteiger partial charge in [0.2, 0.25) is 5.91 Å². The highest BCUT2D eigenvalue weighted by Gasteiger charge is 2.30. The summed E-state index contributed by atoms with van der Waals surface area (Å²) in [6.45, 7) is 2.20. The topological polar surface area (TPSA) is 72.2 Å². The molecule has 1 atom stereocenters. The molecule has 0 spiro atoms. The van der Waals surface area contributed by atoms with Crippen LogP contribution in [0.1, 0.15) is 57.6 Å². The van der Waals surface area contributed by atoms with Gasteiger partial charge in [0, 0.05) is 4.88 Å². The van der Waals surface area contributed by atoms with Crippen molar-refractivity contribution < 1.29 is 9.59 Å².